The first-order valence-electron chi connectivity index (χ1n) is 7.33. The third kappa shape index (κ3) is 2.97. The summed E-state index contributed by atoms with van der Waals surface area (Å²) in [6, 6.07) is 8.01. The largest absolute Gasteiger partial charge is 0.334 e. The number of carbonyl (C=O) groups excluding carboxylic acids is 1. The van der Waals surface area contributed by atoms with Crippen LogP contribution in [0.4, 0.5) is 0 Å². The van der Waals surface area contributed by atoms with Gasteiger partial charge in [0.15, 0.2) is 0 Å². The predicted molar refractivity (Wildman–Crippen MR) is 80.9 cm³/mol. The van der Waals surface area contributed by atoms with Crippen LogP contribution >= 0.6 is 0 Å². The molecule has 1 aromatic heterocycles. The van der Waals surface area contributed by atoms with Gasteiger partial charge in [-0.2, -0.15) is 0 Å². The second-order valence-corrected chi connectivity index (χ2v) is 5.46. The molecule has 1 aliphatic rings. The highest BCUT2D eigenvalue weighted by Crippen LogP contribution is 2.19. The van der Waals surface area contributed by atoms with Crippen LogP contribution in [-0.4, -0.2) is 39.5 Å². The lowest BCUT2D eigenvalue weighted by Crippen LogP contribution is -2.39. The smallest absolute Gasteiger partial charge is 0.254 e. The maximum Gasteiger partial charge on any atom is 0.254 e. The highest BCUT2D eigenvalue weighted by Gasteiger charge is 2.28. The van der Waals surface area contributed by atoms with Crippen molar-refractivity contribution < 1.29 is 4.79 Å². The van der Waals surface area contributed by atoms with Gasteiger partial charge in [0.2, 0.25) is 0 Å². The fourth-order valence-corrected chi connectivity index (χ4v) is 2.86. The monoisotopic (exact) mass is 284 g/mol. The summed E-state index contributed by atoms with van der Waals surface area (Å²) in [4.78, 5) is 18.4. The minimum atomic E-state index is 0.0946. The lowest BCUT2D eigenvalue weighted by atomic mass is 10.1. The fourth-order valence-electron chi connectivity index (χ4n) is 2.86. The van der Waals surface area contributed by atoms with Crippen LogP contribution in [0.25, 0.3) is 0 Å². The molecule has 0 unspecified atom stereocenters. The highest BCUT2D eigenvalue weighted by molar-refractivity contribution is 5.94. The summed E-state index contributed by atoms with van der Waals surface area (Å²) in [6.45, 7) is 2.13. The van der Waals surface area contributed by atoms with Crippen LogP contribution < -0.4 is 5.73 Å². The van der Waals surface area contributed by atoms with E-state index in [1.807, 2.05) is 39.9 Å². The number of nitrogens with two attached hydrogens (primary N) is 1. The Morgan fingerprint density at radius 3 is 2.81 bits per heavy atom. The van der Waals surface area contributed by atoms with Crippen LogP contribution in [0.1, 0.15) is 28.8 Å². The Bertz CT molecular complexity index is 591. The van der Waals surface area contributed by atoms with E-state index in [1.54, 1.807) is 12.5 Å². The molecule has 0 spiro atoms. The molecule has 1 amide bonds. The molecular formula is C16H20N4O. The zero-order valence-electron chi connectivity index (χ0n) is 12.0. The third-order valence-electron chi connectivity index (χ3n) is 4.04. The number of hydrogen-bond donors (Lipinski definition) is 1. The quantitative estimate of drug-likeness (QED) is 0.925. The predicted octanol–water partition coefficient (Wildman–Crippen LogP) is 1.49. The molecule has 1 aromatic carbocycles. The average Bonchev–Trinajstić information content (AvgIpc) is 3.18. The number of hydrogen-bond acceptors (Lipinski definition) is 3. The van der Waals surface area contributed by atoms with Crippen molar-refractivity contribution in [3.05, 3.63) is 54.1 Å². The van der Waals surface area contributed by atoms with Gasteiger partial charge in [0, 0.05) is 43.6 Å². The summed E-state index contributed by atoms with van der Waals surface area (Å²) in [5.74, 6) is 0.0946. The number of carbonyl (C=O) groups is 1. The van der Waals surface area contributed by atoms with Gasteiger partial charge in [0.25, 0.3) is 5.91 Å². The van der Waals surface area contributed by atoms with Gasteiger partial charge in [-0.15, -0.1) is 0 Å². The molecule has 3 rings (SSSR count). The second kappa shape index (κ2) is 6.10. The molecule has 5 heteroatoms. The summed E-state index contributed by atoms with van der Waals surface area (Å²) in [5, 5.41) is 0. The van der Waals surface area contributed by atoms with E-state index in [2.05, 4.69) is 4.98 Å². The van der Waals surface area contributed by atoms with E-state index in [0.29, 0.717) is 6.54 Å². The summed E-state index contributed by atoms with van der Waals surface area (Å²) in [7, 11) is 0. The SMILES string of the molecule is NC[C@H]1CCCN1C(=O)c1ccc(Cn2ccnc2)cc1. The third-order valence-corrected chi connectivity index (χ3v) is 4.04. The summed E-state index contributed by atoms with van der Waals surface area (Å²) >= 11 is 0. The van der Waals surface area contributed by atoms with Crippen molar-refractivity contribution in [3.63, 3.8) is 0 Å². The second-order valence-electron chi connectivity index (χ2n) is 5.46. The van der Waals surface area contributed by atoms with Crippen molar-refractivity contribution in [2.75, 3.05) is 13.1 Å². The van der Waals surface area contributed by atoms with Crippen LogP contribution in [0.5, 0.6) is 0 Å². The first-order valence-corrected chi connectivity index (χ1v) is 7.33. The Labute approximate surface area is 124 Å². The van der Waals surface area contributed by atoms with Gasteiger partial charge in [0.1, 0.15) is 0 Å². The number of benzene rings is 1. The Morgan fingerprint density at radius 2 is 2.14 bits per heavy atom. The summed E-state index contributed by atoms with van der Waals surface area (Å²) in [6.07, 6.45) is 7.54. The fraction of sp³-hybridized carbons (Fsp3) is 0.375. The van der Waals surface area contributed by atoms with Crippen molar-refractivity contribution in [1.29, 1.82) is 0 Å². The van der Waals surface area contributed by atoms with E-state index < -0.39 is 0 Å². The Morgan fingerprint density at radius 1 is 1.33 bits per heavy atom. The van der Waals surface area contributed by atoms with Crippen LogP contribution in [0.3, 0.4) is 0 Å². The molecule has 1 aliphatic heterocycles. The normalized spacial score (nSPS) is 18.1. The number of rotatable bonds is 4. The van der Waals surface area contributed by atoms with E-state index in [9.17, 15) is 4.79 Å². The minimum absolute atomic E-state index is 0.0946. The average molecular weight is 284 g/mol. The molecular weight excluding hydrogens is 264 g/mol. The maximum absolute atomic E-state index is 12.5. The zero-order chi connectivity index (χ0) is 14.7. The zero-order valence-corrected chi connectivity index (χ0v) is 12.0. The first-order chi connectivity index (χ1) is 10.3. The van der Waals surface area contributed by atoms with Gasteiger partial charge in [-0.05, 0) is 30.5 Å². The number of nitrogens with zero attached hydrogens (tertiary/aromatic N) is 3. The molecule has 110 valence electrons. The van der Waals surface area contributed by atoms with E-state index in [0.717, 1.165) is 37.1 Å². The van der Waals surface area contributed by atoms with Crippen molar-refractivity contribution >= 4 is 5.91 Å². The highest BCUT2D eigenvalue weighted by atomic mass is 16.2. The molecule has 0 bridgehead atoms. The number of imidazole rings is 1. The van der Waals surface area contributed by atoms with E-state index in [1.165, 1.54) is 0 Å². The van der Waals surface area contributed by atoms with Gasteiger partial charge in [-0.25, -0.2) is 4.98 Å². The molecule has 1 fully saturated rings. The topological polar surface area (TPSA) is 64.2 Å². The van der Waals surface area contributed by atoms with Gasteiger partial charge in [0.05, 0.1) is 6.33 Å². The standard InChI is InChI=1S/C16H20N4O/c17-10-15-2-1-8-20(15)16(21)14-5-3-13(4-6-14)11-19-9-7-18-12-19/h3-7,9,12,15H,1-2,8,10-11,17H2/t15-/m1/s1. The molecule has 5 nitrogen and oxygen atoms in total. The first kappa shape index (κ1) is 13.8. The van der Waals surface area contributed by atoms with Crippen LogP contribution in [-0.2, 0) is 6.54 Å². The summed E-state index contributed by atoms with van der Waals surface area (Å²) < 4.78 is 2.00. The summed E-state index contributed by atoms with van der Waals surface area (Å²) in [5.41, 5.74) is 7.63. The Balaban J connectivity index is 1.70. The maximum atomic E-state index is 12.5. The molecule has 2 N–H and O–H groups in total. The van der Waals surface area contributed by atoms with Crippen LogP contribution in [0.15, 0.2) is 43.0 Å². The van der Waals surface area contributed by atoms with Crippen molar-refractivity contribution in [1.82, 2.24) is 14.5 Å². The molecule has 1 atom stereocenters. The molecule has 1 saturated heterocycles. The molecule has 0 aliphatic carbocycles. The Hall–Kier alpha value is -2.14. The van der Waals surface area contributed by atoms with E-state index in [-0.39, 0.29) is 11.9 Å². The van der Waals surface area contributed by atoms with Gasteiger partial charge in [-0.3, -0.25) is 4.79 Å². The van der Waals surface area contributed by atoms with Crippen LogP contribution in [0.2, 0.25) is 0 Å². The number of aromatic nitrogens is 2. The molecule has 0 radical (unpaired) electrons. The molecule has 2 aromatic rings. The van der Waals surface area contributed by atoms with Crippen LogP contribution in [0, 0.1) is 0 Å². The van der Waals surface area contributed by atoms with Crippen molar-refractivity contribution in [2.24, 2.45) is 5.73 Å². The number of likely N-dealkylation sites (tertiary alicyclic amines) is 1. The van der Waals surface area contributed by atoms with E-state index in [4.69, 9.17) is 5.73 Å². The van der Waals surface area contributed by atoms with Gasteiger partial charge < -0.3 is 15.2 Å². The molecule has 21 heavy (non-hydrogen) atoms. The van der Waals surface area contributed by atoms with Gasteiger partial charge >= 0.3 is 0 Å². The lowest BCUT2D eigenvalue weighted by Gasteiger charge is -2.23. The Kier molecular flexibility index (Phi) is 4.01. The number of amides is 1. The lowest BCUT2D eigenvalue weighted by molar-refractivity contribution is 0.0741. The van der Waals surface area contributed by atoms with E-state index >= 15 is 0 Å². The minimum Gasteiger partial charge on any atom is -0.334 e. The van der Waals surface area contributed by atoms with Crippen molar-refractivity contribution in [2.45, 2.75) is 25.4 Å². The van der Waals surface area contributed by atoms with Gasteiger partial charge in [-0.1, -0.05) is 12.1 Å². The molecule has 0 saturated carbocycles. The molecule has 2 heterocycles. The van der Waals surface area contributed by atoms with Crippen molar-refractivity contribution in [3.8, 4) is 0 Å².